The van der Waals surface area contributed by atoms with Gasteiger partial charge >= 0.3 is 0 Å². The van der Waals surface area contributed by atoms with Crippen molar-refractivity contribution < 1.29 is 9.21 Å². The van der Waals surface area contributed by atoms with Crippen LogP contribution >= 0.6 is 11.6 Å². The number of H-pyrrole nitrogens is 1. The van der Waals surface area contributed by atoms with Crippen molar-refractivity contribution in [2.24, 2.45) is 5.92 Å². The number of carbonyl (C=O) groups excluding carboxylic acids is 1. The molecular formula is C28H30ClN3O2. The number of likely N-dealkylation sites (tertiary alicyclic amines) is 1. The standard InChI is InChI=1S/C28H30ClN3O2/c1-31(28(33)27-11-6-16-34-27)26(18-21-7-2-4-9-24(21)29)20-12-14-32(15-13-20)19-23-17-22-8-3-5-10-25(22)30-23/h2-11,16-17,20,26,30H,12-15,18-19H2,1H3/t26-/m0/s1. The summed E-state index contributed by atoms with van der Waals surface area (Å²) in [5.74, 6) is 0.685. The molecule has 1 N–H and O–H groups in total. The van der Waals surface area contributed by atoms with Crippen LogP contribution in [0.15, 0.2) is 77.4 Å². The smallest absolute Gasteiger partial charge is 0.289 e. The highest BCUT2D eigenvalue weighted by Gasteiger charge is 2.33. The summed E-state index contributed by atoms with van der Waals surface area (Å²) in [6.07, 6.45) is 4.35. The van der Waals surface area contributed by atoms with Crippen LogP contribution in [0, 0.1) is 5.92 Å². The number of carbonyl (C=O) groups is 1. The summed E-state index contributed by atoms with van der Waals surface area (Å²) in [7, 11) is 1.89. The van der Waals surface area contributed by atoms with Crippen LogP contribution in [0.2, 0.25) is 5.02 Å². The van der Waals surface area contributed by atoms with Crippen molar-refractivity contribution in [3.8, 4) is 0 Å². The first kappa shape index (κ1) is 22.8. The zero-order chi connectivity index (χ0) is 23.5. The molecule has 1 saturated heterocycles. The number of aromatic amines is 1. The van der Waals surface area contributed by atoms with Gasteiger partial charge in [0.25, 0.3) is 5.91 Å². The lowest BCUT2D eigenvalue weighted by molar-refractivity contribution is 0.0555. The fourth-order valence-electron chi connectivity index (χ4n) is 5.19. The fraction of sp³-hybridized carbons (Fsp3) is 0.321. The van der Waals surface area contributed by atoms with E-state index in [-0.39, 0.29) is 11.9 Å². The van der Waals surface area contributed by atoms with E-state index in [0.717, 1.165) is 49.5 Å². The summed E-state index contributed by atoms with van der Waals surface area (Å²) < 4.78 is 5.41. The third-order valence-corrected chi connectivity index (χ3v) is 7.46. The maximum atomic E-state index is 13.1. The second kappa shape index (κ2) is 10.1. The summed E-state index contributed by atoms with van der Waals surface area (Å²) in [4.78, 5) is 21.0. The van der Waals surface area contributed by atoms with E-state index in [2.05, 4.69) is 46.3 Å². The summed E-state index contributed by atoms with van der Waals surface area (Å²) in [5.41, 5.74) is 3.51. The minimum Gasteiger partial charge on any atom is -0.459 e. The van der Waals surface area contributed by atoms with Gasteiger partial charge in [-0.25, -0.2) is 0 Å². The maximum absolute atomic E-state index is 13.1. The molecule has 0 saturated carbocycles. The van der Waals surface area contributed by atoms with Gasteiger partial charge in [-0.05, 0) is 79.6 Å². The van der Waals surface area contributed by atoms with E-state index in [1.807, 2.05) is 30.1 Å². The van der Waals surface area contributed by atoms with Gasteiger partial charge < -0.3 is 14.3 Å². The zero-order valence-electron chi connectivity index (χ0n) is 19.4. The Morgan fingerprint density at radius 2 is 1.88 bits per heavy atom. The van der Waals surface area contributed by atoms with Crippen LogP contribution in [-0.4, -0.2) is 46.9 Å². The zero-order valence-corrected chi connectivity index (χ0v) is 20.2. The number of nitrogens with one attached hydrogen (secondary N) is 1. The van der Waals surface area contributed by atoms with Crippen LogP contribution in [-0.2, 0) is 13.0 Å². The Morgan fingerprint density at radius 3 is 2.62 bits per heavy atom. The molecule has 1 atom stereocenters. The van der Waals surface area contributed by atoms with E-state index >= 15 is 0 Å². The number of rotatable bonds is 7. The van der Waals surface area contributed by atoms with Gasteiger partial charge in [-0.1, -0.05) is 48.0 Å². The molecular weight excluding hydrogens is 446 g/mol. The maximum Gasteiger partial charge on any atom is 0.289 e. The molecule has 2 aromatic heterocycles. The highest BCUT2D eigenvalue weighted by Crippen LogP contribution is 2.30. The van der Waals surface area contributed by atoms with Crippen molar-refractivity contribution >= 4 is 28.4 Å². The van der Waals surface area contributed by atoms with Crippen LogP contribution in [0.4, 0.5) is 0 Å². The number of para-hydroxylation sites is 1. The highest BCUT2D eigenvalue weighted by molar-refractivity contribution is 6.31. The number of halogens is 1. The Hall–Kier alpha value is -3.02. The lowest BCUT2D eigenvalue weighted by Crippen LogP contribution is -2.47. The SMILES string of the molecule is CN(C(=O)c1ccco1)[C@@H](Cc1ccccc1Cl)C1CCN(Cc2cc3ccccc3[nH]2)CC1. The molecule has 0 bridgehead atoms. The Balaban J connectivity index is 1.29. The third-order valence-electron chi connectivity index (χ3n) is 7.09. The quantitative estimate of drug-likeness (QED) is 0.356. The van der Waals surface area contributed by atoms with Crippen LogP contribution in [0.3, 0.4) is 0 Å². The molecule has 1 amide bonds. The molecule has 34 heavy (non-hydrogen) atoms. The Labute approximate surface area is 205 Å². The van der Waals surface area contributed by atoms with E-state index < -0.39 is 0 Å². The van der Waals surface area contributed by atoms with Crippen molar-refractivity contribution in [1.82, 2.24) is 14.8 Å². The van der Waals surface area contributed by atoms with Gasteiger partial charge in [-0.2, -0.15) is 0 Å². The van der Waals surface area contributed by atoms with Crippen LogP contribution in [0.25, 0.3) is 10.9 Å². The van der Waals surface area contributed by atoms with E-state index in [0.29, 0.717) is 11.7 Å². The third kappa shape index (κ3) is 4.91. The van der Waals surface area contributed by atoms with E-state index in [9.17, 15) is 4.79 Å². The molecule has 0 aliphatic carbocycles. The second-order valence-electron chi connectivity index (χ2n) is 9.25. The van der Waals surface area contributed by atoms with Crippen LogP contribution in [0.1, 0.15) is 34.7 Å². The van der Waals surface area contributed by atoms with Crippen molar-refractivity contribution in [2.75, 3.05) is 20.1 Å². The number of hydrogen-bond acceptors (Lipinski definition) is 3. The number of aromatic nitrogens is 1. The van der Waals surface area contributed by atoms with Gasteiger partial charge in [-0.3, -0.25) is 9.69 Å². The molecule has 5 rings (SSSR count). The fourth-order valence-corrected chi connectivity index (χ4v) is 5.40. The highest BCUT2D eigenvalue weighted by atomic mass is 35.5. The molecule has 0 unspecified atom stereocenters. The van der Waals surface area contributed by atoms with E-state index in [1.165, 1.54) is 16.6 Å². The summed E-state index contributed by atoms with van der Waals surface area (Å²) >= 11 is 6.50. The number of likely N-dealkylation sites (N-methyl/N-ethyl adjacent to an activating group) is 1. The molecule has 1 aliphatic rings. The number of benzene rings is 2. The first-order chi connectivity index (χ1) is 16.6. The summed E-state index contributed by atoms with van der Waals surface area (Å²) in [6, 6.07) is 22.1. The number of piperidine rings is 1. The first-order valence-electron chi connectivity index (χ1n) is 11.9. The summed E-state index contributed by atoms with van der Waals surface area (Å²) in [5, 5.41) is 2.01. The van der Waals surface area contributed by atoms with E-state index in [1.54, 1.807) is 18.4 Å². The topological polar surface area (TPSA) is 52.5 Å². The van der Waals surface area contributed by atoms with Crippen LogP contribution in [0.5, 0.6) is 0 Å². The predicted molar refractivity (Wildman–Crippen MR) is 136 cm³/mol. The first-order valence-corrected chi connectivity index (χ1v) is 12.3. The Morgan fingerprint density at radius 1 is 1.12 bits per heavy atom. The molecule has 176 valence electrons. The summed E-state index contributed by atoms with van der Waals surface area (Å²) in [6.45, 7) is 2.92. The minimum absolute atomic E-state index is 0.0488. The molecule has 1 aliphatic heterocycles. The molecule has 6 heteroatoms. The Kier molecular flexibility index (Phi) is 6.75. The lowest BCUT2D eigenvalue weighted by atomic mass is 9.84. The van der Waals surface area contributed by atoms with Gasteiger partial charge in [0.05, 0.1) is 6.26 Å². The average Bonchev–Trinajstić information content (AvgIpc) is 3.53. The average molecular weight is 476 g/mol. The largest absolute Gasteiger partial charge is 0.459 e. The molecule has 0 radical (unpaired) electrons. The molecule has 4 aromatic rings. The Bertz CT molecular complexity index is 1210. The van der Waals surface area contributed by atoms with E-state index in [4.69, 9.17) is 16.0 Å². The second-order valence-corrected chi connectivity index (χ2v) is 9.66. The number of hydrogen-bond donors (Lipinski definition) is 1. The normalized spacial score (nSPS) is 16.1. The molecule has 3 heterocycles. The minimum atomic E-state index is -0.0810. The monoisotopic (exact) mass is 475 g/mol. The number of fused-ring (bicyclic) bond motifs is 1. The van der Waals surface area contributed by atoms with Gasteiger partial charge in [0.2, 0.25) is 0 Å². The van der Waals surface area contributed by atoms with Crippen LogP contribution < -0.4 is 0 Å². The number of nitrogens with zero attached hydrogens (tertiary/aromatic N) is 2. The van der Waals surface area contributed by atoms with Gasteiger partial charge in [0.1, 0.15) is 0 Å². The van der Waals surface area contributed by atoms with Gasteiger partial charge in [0, 0.05) is 35.9 Å². The predicted octanol–water partition coefficient (Wildman–Crippen LogP) is 6.01. The van der Waals surface area contributed by atoms with Crippen molar-refractivity contribution in [3.63, 3.8) is 0 Å². The van der Waals surface area contributed by atoms with Crippen molar-refractivity contribution in [3.05, 3.63) is 95.0 Å². The van der Waals surface area contributed by atoms with Crippen molar-refractivity contribution in [2.45, 2.75) is 31.8 Å². The molecule has 5 nitrogen and oxygen atoms in total. The lowest BCUT2D eigenvalue weighted by Gasteiger charge is -2.40. The number of amides is 1. The van der Waals surface area contributed by atoms with Gasteiger partial charge in [0.15, 0.2) is 5.76 Å². The molecule has 1 fully saturated rings. The number of furan rings is 1. The van der Waals surface area contributed by atoms with Crippen molar-refractivity contribution in [1.29, 1.82) is 0 Å². The molecule has 2 aromatic carbocycles. The van der Waals surface area contributed by atoms with Gasteiger partial charge in [-0.15, -0.1) is 0 Å². The molecule has 0 spiro atoms.